The number of hydrogen-bond acceptors (Lipinski definition) is 2. The normalized spacial score (nSPS) is 24.1. The Balaban J connectivity index is 1.49. The Morgan fingerprint density at radius 2 is 1.36 bits per heavy atom. The standard InChI is InChI=1S/C19H24Cl2N2O2/c20-15-6-3-7-16(21)17(15)23-19(25)13-10-8-12(9-11-13)18(24)22-14-4-1-2-5-14/h3,6-7,12-14H,1-2,4-5,8-11H2,(H,22,24)(H,23,25). The van der Waals surface area contributed by atoms with E-state index >= 15 is 0 Å². The third-order valence-corrected chi connectivity index (χ3v) is 6.01. The van der Waals surface area contributed by atoms with Gasteiger partial charge in [0.15, 0.2) is 0 Å². The highest BCUT2D eigenvalue weighted by Crippen LogP contribution is 2.33. The molecule has 136 valence electrons. The van der Waals surface area contributed by atoms with Crippen LogP contribution in [0.25, 0.3) is 0 Å². The van der Waals surface area contributed by atoms with Gasteiger partial charge in [0.2, 0.25) is 11.8 Å². The van der Waals surface area contributed by atoms with Gasteiger partial charge in [0.25, 0.3) is 0 Å². The molecule has 3 rings (SSSR count). The Hall–Kier alpha value is -1.26. The molecule has 0 spiro atoms. The zero-order valence-corrected chi connectivity index (χ0v) is 15.7. The fourth-order valence-corrected chi connectivity index (χ4v) is 4.34. The zero-order valence-electron chi connectivity index (χ0n) is 14.2. The summed E-state index contributed by atoms with van der Waals surface area (Å²) < 4.78 is 0. The highest BCUT2D eigenvalue weighted by molar-refractivity contribution is 6.39. The van der Waals surface area contributed by atoms with E-state index < -0.39 is 0 Å². The highest BCUT2D eigenvalue weighted by Gasteiger charge is 2.31. The van der Waals surface area contributed by atoms with Crippen LogP contribution in [-0.4, -0.2) is 17.9 Å². The van der Waals surface area contributed by atoms with E-state index in [1.54, 1.807) is 18.2 Å². The number of halogens is 2. The molecule has 0 aliphatic heterocycles. The van der Waals surface area contributed by atoms with Crippen LogP contribution in [0.3, 0.4) is 0 Å². The lowest BCUT2D eigenvalue weighted by Gasteiger charge is -2.28. The van der Waals surface area contributed by atoms with Crippen molar-refractivity contribution in [1.29, 1.82) is 0 Å². The van der Waals surface area contributed by atoms with Crippen LogP contribution in [-0.2, 0) is 9.59 Å². The number of anilines is 1. The molecule has 2 aliphatic carbocycles. The molecule has 2 saturated carbocycles. The predicted octanol–water partition coefficient (Wildman–Crippen LogP) is 4.80. The van der Waals surface area contributed by atoms with E-state index in [4.69, 9.17) is 23.2 Å². The van der Waals surface area contributed by atoms with Crippen LogP contribution >= 0.6 is 23.2 Å². The Labute approximate surface area is 158 Å². The van der Waals surface area contributed by atoms with Crippen molar-refractivity contribution in [1.82, 2.24) is 5.32 Å². The lowest BCUT2D eigenvalue weighted by molar-refractivity contribution is -0.129. The van der Waals surface area contributed by atoms with Crippen molar-refractivity contribution in [2.24, 2.45) is 11.8 Å². The average Bonchev–Trinajstić information content (AvgIpc) is 3.11. The molecule has 2 amide bonds. The molecule has 4 nitrogen and oxygen atoms in total. The second-order valence-electron chi connectivity index (χ2n) is 7.12. The van der Waals surface area contributed by atoms with Crippen LogP contribution in [0.15, 0.2) is 18.2 Å². The zero-order chi connectivity index (χ0) is 17.8. The molecule has 2 aliphatic rings. The van der Waals surface area contributed by atoms with E-state index in [0.29, 0.717) is 21.8 Å². The van der Waals surface area contributed by atoms with Crippen molar-refractivity contribution in [3.63, 3.8) is 0 Å². The third kappa shape index (κ3) is 4.68. The highest BCUT2D eigenvalue weighted by atomic mass is 35.5. The average molecular weight is 383 g/mol. The topological polar surface area (TPSA) is 58.2 Å². The predicted molar refractivity (Wildman–Crippen MR) is 101 cm³/mol. The van der Waals surface area contributed by atoms with Crippen LogP contribution in [0.4, 0.5) is 5.69 Å². The van der Waals surface area contributed by atoms with E-state index in [-0.39, 0.29) is 23.7 Å². The van der Waals surface area contributed by atoms with Crippen LogP contribution < -0.4 is 10.6 Å². The summed E-state index contributed by atoms with van der Waals surface area (Å²) in [6, 6.07) is 5.51. The molecule has 1 aromatic carbocycles. The number of hydrogen-bond donors (Lipinski definition) is 2. The van der Waals surface area contributed by atoms with Gasteiger partial charge in [-0.25, -0.2) is 0 Å². The number of amides is 2. The first kappa shape index (κ1) is 18.5. The molecule has 0 saturated heterocycles. The molecule has 2 N–H and O–H groups in total. The van der Waals surface area contributed by atoms with Crippen molar-refractivity contribution in [3.8, 4) is 0 Å². The first-order valence-corrected chi connectivity index (χ1v) is 9.85. The number of para-hydroxylation sites is 1. The second-order valence-corrected chi connectivity index (χ2v) is 7.94. The minimum absolute atomic E-state index is 0.0357. The molecule has 0 atom stereocenters. The fraction of sp³-hybridized carbons (Fsp3) is 0.579. The molecule has 1 aromatic rings. The van der Waals surface area contributed by atoms with Crippen LogP contribution in [0.5, 0.6) is 0 Å². The summed E-state index contributed by atoms with van der Waals surface area (Å²) in [7, 11) is 0. The first-order valence-electron chi connectivity index (χ1n) is 9.10. The van der Waals surface area contributed by atoms with Gasteiger partial charge < -0.3 is 10.6 Å². The fourth-order valence-electron chi connectivity index (χ4n) is 3.85. The van der Waals surface area contributed by atoms with E-state index in [2.05, 4.69) is 10.6 Å². The van der Waals surface area contributed by atoms with Gasteiger partial charge >= 0.3 is 0 Å². The molecule has 0 radical (unpaired) electrons. The maximum absolute atomic E-state index is 12.5. The Kier molecular flexibility index (Phi) is 6.24. The molecular formula is C19H24Cl2N2O2. The van der Waals surface area contributed by atoms with Gasteiger partial charge in [-0.2, -0.15) is 0 Å². The van der Waals surface area contributed by atoms with Gasteiger partial charge in [0, 0.05) is 17.9 Å². The monoisotopic (exact) mass is 382 g/mol. The first-order chi connectivity index (χ1) is 12.0. The van der Waals surface area contributed by atoms with Crippen LogP contribution in [0, 0.1) is 11.8 Å². The van der Waals surface area contributed by atoms with Crippen molar-refractivity contribution in [2.45, 2.75) is 57.4 Å². The smallest absolute Gasteiger partial charge is 0.227 e. The van der Waals surface area contributed by atoms with Gasteiger partial charge in [-0.1, -0.05) is 42.1 Å². The minimum atomic E-state index is -0.0946. The van der Waals surface area contributed by atoms with E-state index in [1.165, 1.54) is 12.8 Å². The Bertz CT molecular complexity index is 616. The van der Waals surface area contributed by atoms with Crippen molar-refractivity contribution in [2.75, 3.05) is 5.32 Å². The molecular weight excluding hydrogens is 359 g/mol. The van der Waals surface area contributed by atoms with Crippen molar-refractivity contribution < 1.29 is 9.59 Å². The van der Waals surface area contributed by atoms with Crippen LogP contribution in [0.1, 0.15) is 51.4 Å². The molecule has 0 bridgehead atoms. The van der Waals surface area contributed by atoms with E-state index in [9.17, 15) is 9.59 Å². The Morgan fingerprint density at radius 1 is 0.840 bits per heavy atom. The lowest BCUT2D eigenvalue weighted by Crippen LogP contribution is -2.39. The summed E-state index contributed by atoms with van der Waals surface area (Å²) in [5.41, 5.74) is 0.469. The van der Waals surface area contributed by atoms with Crippen molar-refractivity contribution in [3.05, 3.63) is 28.2 Å². The molecule has 0 heterocycles. The van der Waals surface area contributed by atoms with E-state index in [1.807, 2.05) is 0 Å². The van der Waals surface area contributed by atoms with Gasteiger partial charge in [-0.3, -0.25) is 9.59 Å². The number of carbonyl (C=O) groups is 2. The SMILES string of the molecule is O=C(Nc1c(Cl)cccc1Cl)C1CCC(C(=O)NC2CCCC2)CC1. The van der Waals surface area contributed by atoms with Gasteiger partial charge in [0.05, 0.1) is 15.7 Å². The summed E-state index contributed by atoms with van der Waals surface area (Å²) in [4.78, 5) is 24.9. The van der Waals surface area contributed by atoms with Gasteiger partial charge in [-0.05, 0) is 50.7 Å². The maximum atomic E-state index is 12.5. The number of rotatable bonds is 4. The largest absolute Gasteiger partial charge is 0.353 e. The summed E-state index contributed by atoms with van der Waals surface area (Å²) in [6.45, 7) is 0. The van der Waals surface area contributed by atoms with E-state index in [0.717, 1.165) is 38.5 Å². The minimum Gasteiger partial charge on any atom is -0.353 e. The van der Waals surface area contributed by atoms with Gasteiger partial charge in [-0.15, -0.1) is 0 Å². The molecule has 25 heavy (non-hydrogen) atoms. The second kappa shape index (κ2) is 8.41. The number of nitrogens with one attached hydrogen (secondary N) is 2. The van der Waals surface area contributed by atoms with Crippen molar-refractivity contribution >= 4 is 40.7 Å². The molecule has 0 unspecified atom stereocenters. The molecule has 0 aromatic heterocycles. The summed E-state index contributed by atoms with van der Waals surface area (Å²) >= 11 is 12.2. The Morgan fingerprint density at radius 3 is 1.92 bits per heavy atom. The quantitative estimate of drug-likeness (QED) is 0.785. The summed E-state index contributed by atoms with van der Waals surface area (Å²) in [6.07, 6.45) is 7.57. The van der Waals surface area contributed by atoms with Gasteiger partial charge in [0.1, 0.15) is 0 Å². The number of benzene rings is 1. The van der Waals surface area contributed by atoms with Crippen LogP contribution in [0.2, 0.25) is 10.0 Å². The molecule has 6 heteroatoms. The lowest BCUT2D eigenvalue weighted by atomic mass is 9.81. The summed E-state index contributed by atoms with van der Waals surface area (Å²) in [5.74, 6) is 0.0426. The third-order valence-electron chi connectivity index (χ3n) is 5.38. The maximum Gasteiger partial charge on any atom is 0.227 e. The molecule has 2 fully saturated rings. The summed E-state index contributed by atoms with van der Waals surface area (Å²) in [5, 5.41) is 6.89. The number of carbonyl (C=O) groups excluding carboxylic acids is 2.